The fourth-order valence-electron chi connectivity index (χ4n) is 4.10. The minimum absolute atomic E-state index is 0.0233. The average Bonchev–Trinajstić information content (AvgIpc) is 3.38. The maximum absolute atomic E-state index is 13.3. The first-order valence-corrected chi connectivity index (χ1v) is 12.2. The molecule has 0 saturated carbocycles. The summed E-state index contributed by atoms with van der Waals surface area (Å²) in [7, 11) is 1.43. The molecule has 2 heterocycles. The lowest BCUT2D eigenvalue weighted by molar-refractivity contribution is -0.385. The number of amides is 1. The van der Waals surface area contributed by atoms with Crippen LogP contribution in [0.4, 0.5) is 5.69 Å². The summed E-state index contributed by atoms with van der Waals surface area (Å²) in [6, 6.07) is 8.65. The number of thiazole rings is 1. The summed E-state index contributed by atoms with van der Waals surface area (Å²) in [6.45, 7) is 5.04. The molecule has 4 rings (SSSR count). The lowest BCUT2D eigenvalue weighted by atomic mass is 10.0. The molecule has 1 aliphatic rings. The quantitative estimate of drug-likeness (QED) is 0.321. The number of nitro benzene ring substituents is 1. The molecule has 0 atom stereocenters. The first-order chi connectivity index (χ1) is 16.9. The number of aromatic nitrogens is 1. The van der Waals surface area contributed by atoms with Crippen molar-refractivity contribution in [2.45, 2.75) is 39.4 Å². The second-order valence-corrected chi connectivity index (χ2v) is 9.09. The first-order valence-electron chi connectivity index (χ1n) is 11.3. The van der Waals surface area contributed by atoms with Gasteiger partial charge in [-0.3, -0.25) is 14.9 Å². The molecule has 1 amide bonds. The third-order valence-corrected chi connectivity index (χ3v) is 6.63. The normalized spacial score (nSPS) is 14.0. The van der Waals surface area contributed by atoms with Gasteiger partial charge in [-0.1, -0.05) is 18.2 Å². The minimum Gasteiger partial charge on any atom is -0.493 e. The number of hydrogen-bond acceptors (Lipinski definition) is 8. The van der Waals surface area contributed by atoms with Gasteiger partial charge in [0, 0.05) is 37.4 Å². The molecule has 9 nitrogen and oxygen atoms in total. The number of nitro groups is 1. The molecular formula is C25H27N3O6S. The van der Waals surface area contributed by atoms with E-state index in [9.17, 15) is 14.9 Å². The molecule has 1 aromatic heterocycles. The van der Waals surface area contributed by atoms with E-state index in [0.29, 0.717) is 31.6 Å². The molecule has 0 aliphatic carbocycles. The number of nitrogens with zero attached hydrogens (tertiary/aromatic N) is 3. The second kappa shape index (κ2) is 10.7. The number of aryl methyl sites for hydroxylation is 2. The van der Waals surface area contributed by atoms with Gasteiger partial charge in [0.15, 0.2) is 11.5 Å². The van der Waals surface area contributed by atoms with Crippen LogP contribution in [0, 0.1) is 24.0 Å². The van der Waals surface area contributed by atoms with Crippen LogP contribution in [0.2, 0.25) is 0 Å². The Balaban J connectivity index is 1.48. The van der Waals surface area contributed by atoms with E-state index in [0.717, 1.165) is 16.9 Å². The molecule has 10 heteroatoms. The van der Waals surface area contributed by atoms with Crippen LogP contribution in [0.15, 0.2) is 41.2 Å². The Hall–Kier alpha value is -3.66. The number of methoxy groups -OCH3 is 1. The van der Waals surface area contributed by atoms with Gasteiger partial charge in [0.05, 0.1) is 29.3 Å². The Morgan fingerprint density at radius 2 is 1.91 bits per heavy atom. The van der Waals surface area contributed by atoms with Gasteiger partial charge < -0.3 is 19.1 Å². The molecule has 35 heavy (non-hydrogen) atoms. The Labute approximate surface area is 207 Å². The number of carbonyl (C=O) groups excluding carboxylic acids is 1. The van der Waals surface area contributed by atoms with E-state index in [1.165, 1.54) is 30.6 Å². The minimum atomic E-state index is -0.570. The average molecular weight is 498 g/mol. The Morgan fingerprint density at radius 1 is 1.20 bits per heavy atom. The van der Waals surface area contributed by atoms with Gasteiger partial charge in [-0.2, -0.15) is 0 Å². The van der Waals surface area contributed by atoms with Crippen molar-refractivity contribution in [3.05, 3.63) is 73.7 Å². The SMILES string of the molecule is COc1cc(C(=O)N2CCC(Oc3c(C)cccc3C)CC2)c([N+](=O)[O-])cc1OCc1cscn1. The van der Waals surface area contributed by atoms with Gasteiger partial charge in [-0.25, -0.2) is 4.98 Å². The Bertz CT molecular complexity index is 1190. The molecule has 184 valence electrons. The zero-order valence-electron chi connectivity index (χ0n) is 19.9. The van der Waals surface area contributed by atoms with Gasteiger partial charge in [0.1, 0.15) is 24.0 Å². The topological polar surface area (TPSA) is 104 Å². The summed E-state index contributed by atoms with van der Waals surface area (Å²) in [4.78, 5) is 30.3. The molecular weight excluding hydrogens is 470 g/mol. The van der Waals surface area contributed by atoms with E-state index in [1.807, 2.05) is 37.4 Å². The lowest BCUT2D eigenvalue weighted by Crippen LogP contribution is -2.42. The van der Waals surface area contributed by atoms with Crippen molar-refractivity contribution in [1.82, 2.24) is 9.88 Å². The molecule has 0 spiro atoms. The number of likely N-dealkylation sites (tertiary alicyclic amines) is 1. The smallest absolute Gasteiger partial charge is 0.286 e. The Kier molecular flexibility index (Phi) is 7.50. The van der Waals surface area contributed by atoms with Crippen molar-refractivity contribution >= 4 is 22.9 Å². The number of piperidine rings is 1. The van der Waals surface area contributed by atoms with Crippen molar-refractivity contribution in [2.75, 3.05) is 20.2 Å². The summed E-state index contributed by atoms with van der Waals surface area (Å²) < 4.78 is 17.3. The number of para-hydroxylation sites is 1. The summed E-state index contributed by atoms with van der Waals surface area (Å²) >= 11 is 1.43. The maximum Gasteiger partial charge on any atom is 0.286 e. The third kappa shape index (κ3) is 5.54. The predicted molar refractivity (Wildman–Crippen MR) is 132 cm³/mol. The van der Waals surface area contributed by atoms with Gasteiger partial charge in [-0.05, 0) is 25.0 Å². The van der Waals surface area contributed by atoms with Crippen LogP contribution in [-0.4, -0.2) is 47.0 Å². The summed E-state index contributed by atoms with van der Waals surface area (Å²) in [5, 5.41) is 13.6. The summed E-state index contributed by atoms with van der Waals surface area (Å²) in [6.07, 6.45) is 1.25. The van der Waals surface area contributed by atoms with E-state index < -0.39 is 10.8 Å². The number of benzene rings is 2. The molecule has 1 fully saturated rings. The van der Waals surface area contributed by atoms with Gasteiger partial charge in [-0.15, -0.1) is 11.3 Å². The van der Waals surface area contributed by atoms with E-state index in [4.69, 9.17) is 14.2 Å². The number of carbonyl (C=O) groups is 1. The zero-order valence-corrected chi connectivity index (χ0v) is 20.7. The van der Waals surface area contributed by atoms with Gasteiger partial charge in [0.25, 0.3) is 11.6 Å². The van der Waals surface area contributed by atoms with Gasteiger partial charge >= 0.3 is 0 Å². The second-order valence-electron chi connectivity index (χ2n) is 8.38. The van der Waals surface area contributed by atoms with Crippen molar-refractivity contribution < 1.29 is 23.9 Å². The van der Waals surface area contributed by atoms with Crippen LogP contribution < -0.4 is 14.2 Å². The molecule has 1 saturated heterocycles. The molecule has 0 bridgehead atoms. The first kappa shape index (κ1) is 24.5. The summed E-state index contributed by atoms with van der Waals surface area (Å²) in [5.74, 6) is 0.907. The fraction of sp³-hybridized carbons (Fsp3) is 0.360. The molecule has 0 radical (unpaired) electrons. The van der Waals surface area contributed by atoms with Crippen LogP contribution in [-0.2, 0) is 6.61 Å². The van der Waals surface area contributed by atoms with E-state index in [2.05, 4.69) is 4.98 Å². The number of ether oxygens (including phenoxy) is 3. The highest BCUT2D eigenvalue weighted by Gasteiger charge is 2.31. The number of hydrogen-bond donors (Lipinski definition) is 0. The van der Waals surface area contributed by atoms with Crippen molar-refractivity contribution in [3.8, 4) is 17.2 Å². The van der Waals surface area contributed by atoms with Crippen LogP contribution in [0.3, 0.4) is 0 Å². The predicted octanol–water partition coefficient (Wildman–Crippen LogP) is 4.94. The van der Waals surface area contributed by atoms with E-state index in [1.54, 1.807) is 10.4 Å². The standard InChI is InChI=1S/C25H27N3O6S/c1-16-5-4-6-17(2)24(16)34-19-7-9-27(10-8-19)25(29)20-11-22(32-3)23(12-21(20)28(30)31)33-13-18-14-35-15-26-18/h4-6,11-12,14-15,19H,7-10,13H2,1-3H3. The highest BCUT2D eigenvalue weighted by molar-refractivity contribution is 7.07. The monoisotopic (exact) mass is 497 g/mol. The van der Waals surface area contributed by atoms with Crippen molar-refractivity contribution in [2.24, 2.45) is 0 Å². The van der Waals surface area contributed by atoms with Crippen LogP contribution >= 0.6 is 11.3 Å². The van der Waals surface area contributed by atoms with Crippen molar-refractivity contribution in [3.63, 3.8) is 0 Å². The molecule has 0 N–H and O–H groups in total. The molecule has 3 aromatic rings. The summed E-state index contributed by atoms with van der Waals surface area (Å²) in [5.41, 5.74) is 4.17. The van der Waals surface area contributed by atoms with Crippen LogP contribution in [0.1, 0.15) is 40.0 Å². The van der Waals surface area contributed by atoms with Crippen LogP contribution in [0.25, 0.3) is 0 Å². The fourth-order valence-corrected chi connectivity index (χ4v) is 4.65. The zero-order chi connectivity index (χ0) is 24.9. The highest BCUT2D eigenvalue weighted by Crippen LogP contribution is 2.36. The van der Waals surface area contributed by atoms with Crippen LogP contribution in [0.5, 0.6) is 17.2 Å². The lowest BCUT2D eigenvalue weighted by Gasteiger charge is -2.33. The van der Waals surface area contributed by atoms with Gasteiger partial charge in [0.2, 0.25) is 0 Å². The molecule has 2 aromatic carbocycles. The van der Waals surface area contributed by atoms with Crippen molar-refractivity contribution in [1.29, 1.82) is 0 Å². The largest absolute Gasteiger partial charge is 0.493 e. The third-order valence-electron chi connectivity index (χ3n) is 5.99. The Morgan fingerprint density at radius 3 is 2.51 bits per heavy atom. The maximum atomic E-state index is 13.3. The molecule has 1 aliphatic heterocycles. The number of rotatable bonds is 8. The molecule has 0 unspecified atom stereocenters. The van der Waals surface area contributed by atoms with E-state index >= 15 is 0 Å². The van der Waals surface area contributed by atoms with E-state index in [-0.39, 0.29) is 35.5 Å². The highest BCUT2D eigenvalue weighted by atomic mass is 32.1.